The molecule has 0 fully saturated rings. The Morgan fingerprint density at radius 1 is 1.29 bits per heavy atom. The number of nitrogens with zero attached hydrogens (tertiary/aromatic N) is 4. The lowest BCUT2D eigenvalue weighted by Crippen LogP contribution is -2.40. The topological polar surface area (TPSA) is 63.1 Å². The summed E-state index contributed by atoms with van der Waals surface area (Å²) < 4.78 is 2.14. The molecule has 0 bridgehead atoms. The minimum absolute atomic E-state index is 0.0490. The minimum Gasteiger partial charge on any atom is -0.331 e. The van der Waals surface area contributed by atoms with E-state index in [1.807, 2.05) is 13.1 Å². The number of carbonyl (C=O) groups excluding carboxylic acids is 1. The van der Waals surface area contributed by atoms with Crippen molar-refractivity contribution in [3.8, 4) is 0 Å². The van der Waals surface area contributed by atoms with Crippen LogP contribution in [0.25, 0.3) is 0 Å². The van der Waals surface area contributed by atoms with Gasteiger partial charge >= 0.3 is 6.03 Å². The number of carbonyl (C=O) groups is 1. The SMILES string of the molecule is CN(Cc1nnc2n1CCC2)C(=O)N[C@@H]1CCCc2ccccc21. The van der Waals surface area contributed by atoms with Crippen LogP contribution in [0.15, 0.2) is 24.3 Å². The number of amides is 2. The zero-order chi connectivity index (χ0) is 16.5. The number of hydrogen-bond donors (Lipinski definition) is 1. The summed E-state index contributed by atoms with van der Waals surface area (Å²) in [4.78, 5) is 14.3. The van der Waals surface area contributed by atoms with Crippen molar-refractivity contribution in [2.24, 2.45) is 0 Å². The number of nitrogens with one attached hydrogen (secondary N) is 1. The van der Waals surface area contributed by atoms with Gasteiger partial charge in [-0.3, -0.25) is 0 Å². The lowest BCUT2D eigenvalue weighted by molar-refractivity contribution is 0.199. The number of aromatic nitrogens is 3. The quantitative estimate of drug-likeness (QED) is 0.943. The number of aryl methyl sites for hydroxylation is 2. The molecule has 1 atom stereocenters. The third-order valence-corrected chi connectivity index (χ3v) is 5.08. The Kier molecular flexibility index (Phi) is 3.96. The Hall–Kier alpha value is -2.37. The van der Waals surface area contributed by atoms with Gasteiger partial charge in [-0.1, -0.05) is 24.3 Å². The molecule has 6 nitrogen and oxygen atoms in total. The lowest BCUT2D eigenvalue weighted by Gasteiger charge is -2.28. The van der Waals surface area contributed by atoms with E-state index in [9.17, 15) is 4.79 Å². The van der Waals surface area contributed by atoms with E-state index < -0.39 is 0 Å². The van der Waals surface area contributed by atoms with Gasteiger partial charge in [0.1, 0.15) is 5.82 Å². The molecule has 0 spiro atoms. The van der Waals surface area contributed by atoms with Gasteiger partial charge in [0.25, 0.3) is 0 Å². The summed E-state index contributed by atoms with van der Waals surface area (Å²) in [7, 11) is 1.82. The first kappa shape index (κ1) is 15.2. The molecular weight excluding hydrogens is 302 g/mol. The van der Waals surface area contributed by atoms with Crippen LogP contribution in [0.4, 0.5) is 4.79 Å². The summed E-state index contributed by atoms with van der Waals surface area (Å²) in [5.41, 5.74) is 2.61. The van der Waals surface area contributed by atoms with Crippen LogP contribution >= 0.6 is 0 Å². The highest BCUT2D eigenvalue weighted by molar-refractivity contribution is 5.74. The van der Waals surface area contributed by atoms with E-state index in [2.05, 4.69) is 38.3 Å². The largest absolute Gasteiger partial charge is 0.331 e. The Bertz CT molecular complexity index is 754. The normalized spacial score (nSPS) is 18.8. The Labute approximate surface area is 141 Å². The molecule has 0 saturated carbocycles. The first-order valence-electron chi connectivity index (χ1n) is 8.73. The standard InChI is InChI=1S/C18H23N5O/c1-22(12-17-21-20-16-10-5-11-23(16)17)18(24)19-15-9-4-7-13-6-2-3-8-14(13)15/h2-3,6,8,15H,4-5,7,9-12H2,1H3,(H,19,24)/t15-/m1/s1. The minimum atomic E-state index is -0.0490. The maximum atomic E-state index is 12.6. The van der Waals surface area contributed by atoms with E-state index >= 15 is 0 Å². The number of fused-ring (bicyclic) bond motifs is 2. The van der Waals surface area contributed by atoms with Crippen LogP contribution in [0.2, 0.25) is 0 Å². The zero-order valence-corrected chi connectivity index (χ0v) is 14.0. The van der Waals surface area contributed by atoms with E-state index in [-0.39, 0.29) is 12.1 Å². The molecule has 0 radical (unpaired) electrons. The molecule has 24 heavy (non-hydrogen) atoms. The van der Waals surface area contributed by atoms with E-state index in [0.29, 0.717) is 6.54 Å². The molecule has 2 amide bonds. The number of urea groups is 1. The lowest BCUT2D eigenvalue weighted by atomic mass is 9.88. The van der Waals surface area contributed by atoms with Crippen LogP contribution < -0.4 is 5.32 Å². The van der Waals surface area contributed by atoms with Crippen molar-refractivity contribution in [3.05, 3.63) is 47.0 Å². The van der Waals surface area contributed by atoms with Gasteiger partial charge in [-0.05, 0) is 36.8 Å². The van der Waals surface area contributed by atoms with Gasteiger partial charge in [0.05, 0.1) is 12.6 Å². The molecule has 1 N–H and O–H groups in total. The fourth-order valence-electron chi connectivity index (χ4n) is 3.77. The molecule has 1 aromatic carbocycles. The van der Waals surface area contributed by atoms with Gasteiger partial charge in [0.15, 0.2) is 5.82 Å². The average Bonchev–Trinajstić information content (AvgIpc) is 3.20. The van der Waals surface area contributed by atoms with Crippen LogP contribution in [-0.4, -0.2) is 32.7 Å². The molecule has 126 valence electrons. The first-order valence-corrected chi connectivity index (χ1v) is 8.73. The highest BCUT2D eigenvalue weighted by atomic mass is 16.2. The van der Waals surface area contributed by atoms with Crippen molar-refractivity contribution in [2.75, 3.05) is 7.05 Å². The Balaban J connectivity index is 1.43. The van der Waals surface area contributed by atoms with Crippen LogP contribution in [0, 0.1) is 0 Å². The fourth-order valence-corrected chi connectivity index (χ4v) is 3.77. The predicted octanol–water partition coefficient (Wildman–Crippen LogP) is 2.44. The molecule has 1 aromatic heterocycles. The number of rotatable bonds is 3. The summed E-state index contributed by atoms with van der Waals surface area (Å²) in [6, 6.07) is 8.47. The second kappa shape index (κ2) is 6.26. The summed E-state index contributed by atoms with van der Waals surface area (Å²) in [6.07, 6.45) is 5.32. The van der Waals surface area contributed by atoms with Crippen LogP contribution in [0.1, 0.15) is 48.1 Å². The summed E-state index contributed by atoms with van der Waals surface area (Å²) in [6.45, 7) is 1.45. The summed E-state index contributed by atoms with van der Waals surface area (Å²) >= 11 is 0. The van der Waals surface area contributed by atoms with Gasteiger partial charge in [0, 0.05) is 20.0 Å². The molecule has 2 aliphatic rings. The van der Waals surface area contributed by atoms with Gasteiger partial charge in [0.2, 0.25) is 0 Å². The summed E-state index contributed by atoms with van der Waals surface area (Å²) in [5, 5.41) is 11.6. The van der Waals surface area contributed by atoms with E-state index in [1.165, 1.54) is 11.1 Å². The zero-order valence-electron chi connectivity index (χ0n) is 14.0. The maximum absolute atomic E-state index is 12.6. The van der Waals surface area contributed by atoms with Crippen molar-refractivity contribution in [3.63, 3.8) is 0 Å². The molecule has 0 saturated heterocycles. The second-order valence-electron chi connectivity index (χ2n) is 6.74. The van der Waals surface area contributed by atoms with Crippen LogP contribution in [0.5, 0.6) is 0 Å². The van der Waals surface area contributed by atoms with Gasteiger partial charge in [-0.25, -0.2) is 4.79 Å². The molecular formula is C18H23N5O. The monoisotopic (exact) mass is 325 g/mol. The number of hydrogen-bond acceptors (Lipinski definition) is 3. The first-order chi connectivity index (χ1) is 11.7. The molecule has 2 aromatic rings. The third kappa shape index (κ3) is 2.77. The van der Waals surface area contributed by atoms with Crippen molar-refractivity contribution >= 4 is 6.03 Å². The highest BCUT2D eigenvalue weighted by Crippen LogP contribution is 2.29. The molecule has 1 aliphatic carbocycles. The van der Waals surface area contributed by atoms with Crippen molar-refractivity contribution in [2.45, 2.75) is 51.2 Å². The van der Waals surface area contributed by atoms with E-state index in [1.54, 1.807) is 4.90 Å². The van der Waals surface area contributed by atoms with Gasteiger partial charge < -0.3 is 14.8 Å². The van der Waals surface area contributed by atoms with Crippen molar-refractivity contribution < 1.29 is 4.79 Å². The molecule has 0 unspecified atom stereocenters. The average molecular weight is 325 g/mol. The van der Waals surface area contributed by atoms with Gasteiger partial charge in [-0.15, -0.1) is 10.2 Å². The Morgan fingerprint density at radius 3 is 3.08 bits per heavy atom. The maximum Gasteiger partial charge on any atom is 0.318 e. The Morgan fingerprint density at radius 2 is 2.17 bits per heavy atom. The predicted molar refractivity (Wildman–Crippen MR) is 90.5 cm³/mol. The van der Waals surface area contributed by atoms with E-state index in [0.717, 1.165) is 50.3 Å². The van der Waals surface area contributed by atoms with E-state index in [4.69, 9.17) is 0 Å². The van der Waals surface area contributed by atoms with Crippen molar-refractivity contribution in [1.29, 1.82) is 0 Å². The van der Waals surface area contributed by atoms with Gasteiger partial charge in [-0.2, -0.15) is 0 Å². The third-order valence-electron chi connectivity index (χ3n) is 5.08. The number of benzene rings is 1. The highest BCUT2D eigenvalue weighted by Gasteiger charge is 2.24. The summed E-state index contributed by atoms with van der Waals surface area (Å²) in [5.74, 6) is 1.92. The molecule has 4 rings (SSSR count). The molecule has 1 aliphatic heterocycles. The van der Waals surface area contributed by atoms with Crippen LogP contribution in [0.3, 0.4) is 0 Å². The van der Waals surface area contributed by atoms with Crippen LogP contribution in [-0.2, 0) is 25.9 Å². The fraction of sp³-hybridized carbons (Fsp3) is 0.500. The van der Waals surface area contributed by atoms with Crippen molar-refractivity contribution in [1.82, 2.24) is 25.0 Å². The molecule has 6 heteroatoms. The molecule has 2 heterocycles. The smallest absolute Gasteiger partial charge is 0.318 e. The second-order valence-corrected chi connectivity index (χ2v) is 6.74.